The lowest BCUT2D eigenvalue weighted by molar-refractivity contribution is -0.121. The van der Waals surface area contributed by atoms with Crippen LogP contribution in [0.15, 0.2) is 24.4 Å². The fourth-order valence-corrected chi connectivity index (χ4v) is 4.13. The van der Waals surface area contributed by atoms with Crippen molar-refractivity contribution in [2.45, 2.75) is 12.5 Å². The highest BCUT2D eigenvalue weighted by Crippen LogP contribution is 2.52. The maximum atomic E-state index is 11.8. The van der Waals surface area contributed by atoms with Crippen molar-refractivity contribution in [1.82, 2.24) is 10.3 Å². The molecule has 2 heterocycles. The summed E-state index contributed by atoms with van der Waals surface area (Å²) in [6.07, 6.45) is 2.24. The first kappa shape index (κ1) is 17.5. The summed E-state index contributed by atoms with van der Waals surface area (Å²) in [4.78, 5) is 27.7. The van der Waals surface area contributed by atoms with Crippen LogP contribution >= 0.6 is 0 Å². The predicted octanol–water partition coefficient (Wildman–Crippen LogP) is 0.464. The molecule has 2 fully saturated rings. The van der Waals surface area contributed by atoms with Gasteiger partial charge in [0.2, 0.25) is 11.8 Å². The minimum Gasteiger partial charge on any atom is -0.496 e. The zero-order chi connectivity index (χ0) is 19.1. The zero-order valence-electron chi connectivity index (χ0n) is 14.8. The van der Waals surface area contributed by atoms with Gasteiger partial charge in [0.15, 0.2) is 0 Å². The first-order chi connectivity index (χ1) is 13.0. The first-order valence-electron chi connectivity index (χ1n) is 8.85. The average Bonchev–Trinajstić information content (AvgIpc) is 3.32. The number of amides is 2. The molecule has 4 atom stereocenters. The third kappa shape index (κ3) is 2.95. The van der Waals surface area contributed by atoms with Crippen molar-refractivity contribution in [2.75, 3.05) is 20.3 Å². The Morgan fingerprint density at radius 3 is 2.89 bits per heavy atom. The molecule has 0 radical (unpaired) electrons. The number of nitrogens with two attached hydrogens (primary N) is 1. The maximum absolute atomic E-state index is 11.8. The number of primary amides is 1. The predicted molar refractivity (Wildman–Crippen MR) is 96.4 cm³/mol. The molecule has 1 aliphatic heterocycles. The van der Waals surface area contributed by atoms with Crippen LogP contribution in [0.5, 0.6) is 11.6 Å². The third-order valence-corrected chi connectivity index (χ3v) is 5.52. The summed E-state index contributed by atoms with van der Waals surface area (Å²) in [6, 6.07) is 5.13. The van der Waals surface area contributed by atoms with E-state index in [0.717, 1.165) is 5.39 Å². The number of benzene rings is 1. The van der Waals surface area contributed by atoms with Gasteiger partial charge in [-0.1, -0.05) is 0 Å². The maximum Gasteiger partial charge on any atom is 0.252 e. The normalized spacial score (nSPS) is 25.8. The zero-order valence-corrected chi connectivity index (χ0v) is 14.8. The van der Waals surface area contributed by atoms with Crippen molar-refractivity contribution in [2.24, 2.45) is 23.5 Å². The standard InChI is InChI=1S/C19H21N3O5/c1-26-14-7-10-9(6-11(14)17(20)24)2-4-21-19(10)27-5-3-13-15-12(8-23)16(15)18(25)22-13/h2,4,6-7,12-13,15-16,23H,3,5,8H2,1H3,(H2,20,24)(H,22,25). The second-order valence-corrected chi connectivity index (χ2v) is 6.96. The molecule has 4 unspecified atom stereocenters. The third-order valence-electron chi connectivity index (χ3n) is 5.52. The summed E-state index contributed by atoms with van der Waals surface area (Å²) < 4.78 is 11.1. The van der Waals surface area contributed by atoms with Crippen LogP contribution in [-0.4, -0.2) is 48.3 Å². The quantitative estimate of drug-likeness (QED) is 0.650. The number of carbonyl (C=O) groups excluding carboxylic acids is 2. The number of fused-ring (bicyclic) bond motifs is 2. The fourth-order valence-electron chi connectivity index (χ4n) is 4.13. The van der Waals surface area contributed by atoms with E-state index in [1.54, 1.807) is 24.4 Å². The number of rotatable bonds is 7. The molecule has 1 aromatic heterocycles. The number of methoxy groups -OCH3 is 1. The van der Waals surface area contributed by atoms with Crippen LogP contribution in [0.2, 0.25) is 0 Å². The molecule has 8 heteroatoms. The topological polar surface area (TPSA) is 124 Å². The Balaban J connectivity index is 1.49. The fraction of sp³-hybridized carbons (Fsp3) is 0.421. The Morgan fingerprint density at radius 1 is 1.41 bits per heavy atom. The molecule has 142 valence electrons. The Kier molecular flexibility index (Phi) is 4.35. The van der Waals surface area contributed by atoms with E-state index < -0.39 is 5.91 Å². The van der Waals surface area contributed by atoms with Crippen LogP contribution in [0, 0.1) is 17.8 Å². The second kappa shape index (κ2) is 6.70. The van der Waals surface area contributed by atoms with Crippen LogP contribution in [-0.2, 0) is 4.79 Å². The van der Waals surface area contributed by atoms with Gasteiger partial charge in [0.1, 0.15) is 5.75 Å². The van der Waals surface area contributed by atoms with Gasteiger partial charge in [0.25, 0.3) is 5.91 Å². The van der Waals surface area contributed by atoms with Gasteiger partial charge in [-0.25, -0.2) is 4.98 Å². The summed E-state index contributed by atoms with van der Waals surface area (Å²) in [7, 11) is 1.47. The van der Waals surface area contributed by atoms with E-state index in [4.69, 9.17) is 15.2 Å². The Bertz CT molecular complexity index is 916. The number of carbonyl (C=O) groups is 2. The molecule has 1 aromatic carbocycles. The van der Waals surface area contributed by atoms with Gasteiger partial charge in [0.05, 0.1) is 19.3 Å². The van der Waals surface area contributed by atoms with Crippen LogP contribution in [0.3, 0.4) is 0 Å². The van der Waals surface area contributed by atoms with Gasteiger partial charge in [-0.3, -0.25) is 9.59 Å². The lowest BCUT2D eigenvalue weighted by Crippen LogP contribution is -2.34. The molecule has 0 spiro atoms. The van der Waals surface area contributed by atoms with Crippen molar-refractivity contribution in [3.05, 3.63) is 30.0 Å². The average molecular weight is 371 g/mol. The number of ether oxygens (including phenoxy) is 2. The number of hydrogen-bond donors (Lipinski definition) is 3. The number of nitrogens with zero attached hydrogens (tertiary/aromatic N) is 1. The summed E-state index contributed by atoms with van der Waals surface area (Å²) >= 11 is 0. The number of piperidine rings is 1. The lowest BCUT2D eigenvalue weighted by Gasteiger charge is -2.16. The summed E-state index contributed by atoms with van der Waals surface area (Å²) in [5, 5.41) is 13.8. The monoisotopic (exact) mass is 371 g/mol. The Hall–Kier alpha value is -2.87. The number of nitrogens with one attached hydrogen (secondary N) is 1. The van der Waals surface area contributed by atoms with E-state index in [1.807, 2.05) is 0 Å². The highest BCUT2D eigenvalue weighted by atomic mass is 16.5. The minimum absolute atomic E-state index is 0.0191. The van der Waals surface area contributed by atoms with Gasteiger partial charge in [-0.05, 0) is 35.4 Å². The molecule has 27 heavy (non-hydrogen) atoms. The molecule has 4 rings (SSSR count). The van der Waals surface area contributed by atoms with Crippen molar-refractivity contribution in [1.29, 1.82) is 0 Å². The van der Waals surface area contributed by atoms with E-state index in [-0.39, 0.29) is 36.3 Å². The van der Waals surface area contributed by atoms with Crippen molar-refractivity contribution in [3.8, 4) is 11.6 Å². The number of aliphatic hydroxyl groups is 1. The molecule has 4 N–H and O–H groups in total. The van der Waals surface area contributed by atoms with Gasteiger partial charge in [-0.2, -0.15) is 0 Å². The number of pyridine rings is 1. The second-order valence-electron chi connectivity index (χ2n) is 6.96. The molecule has 2 amide bonds. The largest absolute Gasteiger partial charge is 0.496 e. The van der Waals surface area contributed by atoms with E-state index in [9.17, 15) is 14.7 Å². The smallest absolute Gasteiger partial charge is 0.252 e. The van der Waals surface area contributed by atoms with Gasteiger partial charge >= 0.3 is 0 Å². The van der Waals surface area contributed by atoms with Crippen molar-refractivity contribution < 1.29 is 24.2 Å². The highest BCUT2D eigenvalue weighted by molar-refractivity contribution is 6.01. The number of aromatic nitrogens is 1. The minimum atomic E-state index is -0.567. The van der Waals surface area contributed by atoms with Gasteiger partial charge in [-0.15, -0.1) is 0 Å². The molecule has 1 saturated heterocycles. The van der Waals surface area contributed by atoms with Crippen molar-refractivity contribution >= 4 is 22.6 Å². The van der Waals surface area contributed by atoms with Crippen LogP contribution < -0.4 is 20.5 Å². The summed E-state index contributed by atoms with van der Waals surface area (Å²) in [6.45, 7) is 0.422. The van der Waals surface area contributed by atoms with E-state index >= 15 is 0 Å². The molecule has 8 nitrogen and oxygen atoms in total. The lowest BCUT2D eigenvalue weighted by atomic mass is 10.1. The van der Waals surface area contributed by atoms with Crippen LogP contribution in [0.4, 0.5) is 0 Å². The van der Waals surface area contributed by atoms with Crippen molar-refractivity contribution in [3.63, 3.8) is 0 Å². The van der Waals surface area contributed by atoms with E-state index in [2.05, 4.69) is 10.3 Å². The highest BCUT2D eigenvalue weighted by Gasteiger charge is 2.62. The van der Waals surface area contributed by atoms with Gasteiger partial charge in [0, 0.05) is 36.6 Å². The summed E-state index contributed by atoms with van der Waals surface area (Å²) in [5.74, 6) is 0.478. The summed E-state index contributed by atoms with van der Waals surface area (Å²) in [5.41, 5.74) is 5.70. The molecule has 2 aromatic rings. The Morgan fingerprint density at radius 2 is 2.22 bits per heavy atom. The molecular weight excluding hydrogens is 350 g/mol. The SMILES string of the molecule is COc1cc2c(OCCC3NC(=O)C4C(CO)C34)nccc2cc1C(N)=O. The molecule has 2 aliphatic rings. The molecular formula is C19H21N3O5. The van der Waals surface area contributed by atoms with Crippen LogP contribution in [0.25, 0.3) is 10.8 Å². The number of hydrogen-bond acceptors (Lipinski definition) is 6. The molecule has 0 bridgehead atoms. The molecule has 1 saturated carbocycles. The number of aliphatic hydroxyl groups excluding tert-OH is 1. The Labute approximate surface area is 155 Å². The van der Waals surface area contributed by atoms with Crippen LogP contribution in [0.1, 0.15) is 16.8 Å². The first-order valence-corrected chi connectivity index (χ1v) is 8.85. The van der Waals surface area contributed by atoms with Gasteiger partial charge < -0.3 is 25.6 Å². The van der Waals surface area contributed by atoms with E-state index in [0.29, 0.717) is 35.6 Å². The molecule has 1 aliphatic carbocycles. The van der Waals surface area contributed by atoms with E-state index in [1.165, 1.54) is 7.11 Å².